The van der Waals surface area contributed by atoms with Gasteiger partial charge in [0, 0.05) is 0 Å². The fraction of sp³-hybridized carbons (Fsp3) is 0. The van der Waals surface area contributed by atoms with Gasteiger partial charge in [-0.15, -0.1) is 0 Å². The van der Waals surface area contributed by atoms with Gasteiger partial charge < -0.3 is 0 Å². The smallest absolute Gasteiger partial charge is 0.300 e. The summed E-state index contributed by atoms with van der Waals surface area (Å²) < 4.78 is 0. The van der Waals surface area contributed by atoms with Gasteiger partial charge in [0.25, 0.3) is 0 Å². The number of nitrogens with one attached hydrogen (secondary N) is 2. The fourth-order valence-electron chi connectivity index (χ4n) is 1.90. The molecule has 2 aromatic rings. The molecule has 0 saturated heterocycles. The molecule has 0 aliphatic carbocycles. The first-order chi connectivity index (χ1) is 10.2. The van der Waals surface area contributed by atoms with Gasteiger partial charge in [0.15, 0.2) is 11.0 Å². The van der Waals surface area contributed by atoms with Crippen molar-refractivity contribution in [3.05, 3.63) is 50.9 Å². The molecular formula is C7H2N6O9. The highest BCUT2D eigenvalue weighted by Crippen LogP contribution is 2.47. The molecule has 0 atom stereocenters. The van der Waals surface area contributed by atoms with Crippen LogP contribution in [-0.4, -0.2) is 29.7 Å². The summed E-state index contributed by atoms with van der Waals surface area (Å²) in [5.41, 5.74) is -9.13. The molecule has 2 N–H and O–H groups in total. The molecule has 0 aliphatic rings. The number of aromatic nitrogens is 2. The maximum atomic E-state index is 11.2. The van der Waals surface area contributed by atoms with E-state index in [2.05, 4.69) is 0 Å². The number of rotatable bonds is 4. The van der Waals surface area contributed by atoms with Gasteiger partial charge in [0.1, 0.15) is 0 Å². The fourth-order valence-corrected chi connectivity index (χ4v) is 1.90. The van der Waals surface area contributed by atoms with E-state index in [0.717, 1.165) is 0 Å². The molecular weight excluding hydrogens is 312 g/mol. The van der Waals surface area contributed by atoms with Gasteiger partial charge >= 0.3 is 28.4 Å². The van der Waals surface area contributed by atoms with Crippen LogP contribution in [0.15, 0.2) is 4.79 Å². The zero-order valence-corrected chi connectivity index (χ0v) is 9.96. The molecule has 114 valence electrons. The number of nitro benzene ring substituents is 4. The highest BCUT2D eigenvalue weighted by molar-refractivity contribution is 6.02. The number of nitrogens with zero attached hydrogens (tertiary/aromatic N) is 4. The van der Waals surface area contributed by atoms with Gasteiger partial charge in [-0.05, 0) is 0 Å². The molecule has 1 heterocycles. The lowest BCUT2D eigenvalue weighted by Gasteiger charge is -2.00. The summed E-state index contributed by atoms with van der Waals surface area (Å²) in [6.45, 7) is 0. The van der Waals surface area contributed by atoms with Gasteiger partial charge in [-0.1, -0.05) is 0 Å². The number of H-pyrrole nitrogens is 2. The van der Waals surface area contributed by atoms with Crippen LogP contribution in [0.5, 0.6) is 0 Å². The van der Waals surface area contributed by atoms with E-state index in [0.29, 0.717) is 0 Å². The number of imidazole rings is 1. The molecule has 0 saturated carbocycles. The summed E-state index contributed by atoms with van der Waals surface area (Å²) in [6.07, 6.45) is 0. The van der Waals surface area contributed by atoms with Crippen molar-refractivity contribution in [2.75, 3.05) is 0 Å². The van der Waals surface area contributed by atoms with E-state index in [1.807, 2.05) is 0 Å². The van der Waals surface area contributed by atoms with E-state index >= 15 is 0 Å². The van der Waals surface area contributed by atoms with Crippen molar-refractivity contribution in [1.82, 2.24) is 9.97 Å². The molecule has 0 bridgehead atoms. The van der Waals surface area contributed by atoms with Crippen LogP contribution in [0, 0.1) is 40.5 Å². The van der Waals surface area contributed by atoms with Gasteiger partial charge in [0.2, 0.25) is 0 Å². The molecule has 0 amide bonds. The highest BCUT2D eigenvalue weighted by Gasteiger charge is 2.48. The second kappa shape index (κ2) is 4.58. The van der Waals surface area contributed by atoms with Gasteiger partial charge in [-0.3, -0.25) is 50.4 Å². The zero-order valence-electron chi connectivity index (χ0n) is 9.96. The van der Waals surface area contributed by atoms with Crippen molar-refractivity contribution in [2.45, 2.75) is 0 Å². The largest absolute Gasteiger partial charge is 0.432 e. The molecule has 0 spiro atoms. The number of benzene rings is 1. The summed E-state index contributed by atoms with van der Waals surface area (Å²) >= 11 is 0. The van der Waals surface area contributed by atoms with Crippen LogP contribution in [-0.2, 0) is 0 Å². The van der Waals surface area contributed by atoms with E-state index in [-0.39, 0.29) is 0 Å². The lowest BCUT2D eigenvalue weighted by atomic mass is 10.1. The lowest BCUT2D eigenvalue weighted by Crippen LogP contribution is -2.06. The van der Waals surface area contributed by atoms with E-state index in [4.69, 9.17) is 0 Å². The number of hydrogen-bond donors (Lipinski definition) is 2. The monoisotopic (exact) mass is 314 g/mol. The molecule has 1 aromatic heterocycles. The van der Waals surface area contributed by atoms with E-state index < -0.39 is 59.2 Å². The maximum Gasteiger partial charge on any atom is 0.432 e. The first-order valence-corrected chi connectivity index (χ1v) is 5.06. The highest BCUT2D eigenvalue weighted by atomic mass is 16.7. The van der Waals surface area contributed by atoms with Crippen LogP contribution in [0.2, 0.25) is 0 Å². The average molecular weight is 314 g/mol. The Morgan fingerprint density at radius 1 is 0.591 bits per heavy atom. The Hall–Kier alpha value is -3.91. The van der Waals surface area contributed by atoms with Crippen LogP contribution in [0.3, 0.4) is 0 Å². The summed E-state index contributed by atoms with van der Waals surface area (Å²) in [5.74, 6) is 0. The van der Waals surface area contributed by atoms with E-state index in [1.165, 1.54) is 0 Å². The third kappa shape index (κ3) is 1.88. The molecule has 0 aliphatic heterocycles. The van der Waals surface area contributed by atoms with Crippen molar-refractivity contribution in [3.8, 4) is 0 Å². The van der Waals surface area contributed by atoms with Crippen molar-refractivity contribution >= 4 is 33.8 Å². The first kappa shape index (κ1) is 14.5. The van der Waals surface area contributed by atoms with E-state index in [9.17, 15) is 45.3 Å². The molecule has 15 heteroatoms. The van der Waals surface area contributed by atoms with Gasteiger partial charge in [-0.2, -0.15) is 0 Å². The molecule has 0 radical (unpaired) electrons. The van der Waals surface area contributed by atoms with Crippen LogP contribution >= 0.6 is 0 Å². The quantitative estimate of drug-likeness (QED) is 0.590. The molecule has 1 aromatic carbocycles. The Labute approximate surface area is 115 Å². The Kier molecular flexibility index (Phi) is 3.02. The minimum absolute atomic E-state index is 0.876. The van der Waals surface area contributed by atoms with Crippen molar-refractivity contribution in [3.63, 3.8) is 0 Å². The lowest BCUT2D eigenvalue weighted by molar-refractivity contribution is -0.450. The Morgan fingerprint density at radius 3 is 1.09 bits per heavy atom. The summed E-state index contributed by atoms with van der Waals surface area (Å²) in [4.78, 5) is 52.9. The Balaban J connectivity index is 3.28. The van der Waals surface area contributed by atoms with Crippen LogP contribution in [0.25, 0.3) is 11.0 Å². The predicted octanol–water partition coefficient (Wildman–Crippen LogP) is 0.489. The first-order valence-electron chi connectivity index (χ1n) is 5.06. The summed E-state index contributed by atoms with van der Waals surface area (Å²) in [6, 6.07) is 0. The Morgan fingerprint density at radius 2 is 0.864 bits per heavy atom. The van der Waals surface area contributed by atoms with Crippen molar-refractivity contribution in [1.29, 1.82) is 0 Å². The molecule has 15 nitrogen and oxygen atoms in total. The molecule has 22 heavy (non-hydrogen) atoms. The zero-order chi connectivity index (χ0) is 16.8. The maximum absolute atomic E-state index is 11.2. The summed E-state index contributed by atoms with van der Waals surface area (Å²) in [7, 11) is 0. The van der Waals surface area contributed by atoms with E-state index in [1.54, 1.807) is 9.97 Å². The van der Waals surface area contributed by atoms with Crippen LogP contribution in [0.1, 0.15) is 0 Å². The summed E-state index contributed by atoms with van der Waals surface area (Å²) in [5, 5.41) is 43.9. The van der Waals surface area contributed by atoms with Gasteiger partial charge in [0.05, 0.1) is 19.7 Å². The average Bonchev–Trinajstić information content (AvgIpc) is 2.74. The molecule has 0 fully saturated rings. The second-order valence-electron chi connectivity index (χ2n) is 3.75. The van der Waals surface area contributed by atoms with Gasteiger partial charge in [-0.25, -0.2) is 4.79 Å². The third-order valence-electron chi connectivity index (χ3n) is 2.60. The topological polar surface area (TPSA) is 221 Å². The van der Waals surface area contributed by atoms with Crippen LogP contribution < -0.4 is 5.69 Å². The number of aromatic amines is 2. The normalized spacial score (nSPS) is 10.5. The number of hydrogen-bond acceptors (Lipinski definition) is 9. The standard InChI is InChI=1S/C7H2N6O9/c14-7-8-1-2(9-7)4(11(17)18)6(13(21)22)5(12(19)20)3(1)10(15)16/h(H2,8,9,14). The molecule has 0 unspecified atom stereocenters. The van der Waals surface area contributed by atoms with Crippen LogP contribution in [0.4, 0.5) is 22.7 Å². The second-order valence-corrected chi connectivity index (χ2v) is 3.75. The molecule has 2 rings (SSSR count). The number of nitro groups is 4. The number of fused-ring (bicyclic) bond motifs is 1. The minimum atomic E-state index is -1.69. The predicted molar refractivity (Wildman–Crippen MR) is 65.5 cm³/mol. The minimum Gasteiger partial charge on any atom is -0.300 e. The third-order valence-corrected chi connectivity index (χ3v) is 2.60. The SMILES string of the molecule is O=c1[nH]c2c([N+](=O)[O-])c([N+](=O)[O-])c([N+](=O)[O-])c([N+](=O)[O-])c2[nH]1. The van der Waals surface area contributed by atoms with Crippen molar-refractivity contribution < 1.29 is 19.7 Å². The van der Waals surface area contributed by atoms with Crippen molar-refractivity contribution in [2.24, 2.45) is 0 Å². The Bertz CT molecular complexity index is 851.